The van der Waals surface area contributed by atoms with Gasteiger partial charge in [0.05, 0.1) is 18.2 Å². The van der Waals surface area contributed by atoms with Crippen LogP contribution in [0.15, 0.2) is 30.6 Å². The number of para-hydroxylation sites is 1. The molecule has 2 aromatic rings. The molecule has 0 radical (unpaired) electrons. The molecule has 4 nitrogen and oxygen atoms in total. The van der Waals surface area contributed by atoms with Crippen LogP contribution in [-0.4, -0.2) is 34.3 Å². The van der Waals surface area contributed by atoms with Gasteiger partial charge in [-0.3, -0.25) is 0 Å². The van der Waals surface area contributed by atoms with Gasteiger partial charge in [-0.15, -0.1) is 0 Å². The van der Waals surface area contributed by atoms with Gasteiger partial charge in [0, 0.05) is 11.9 Å². The zero-order valence-corrected chi connectivity index (χ0v) is 10.5. The molecule has 1 saturated heterocycles. The summed E-state index contributed by atoms with van der Waals surface area (Å²) in [7, 11) is 0. The first-order valence-electron chi connectivity index (χ1n) is 6.38. The zero-order chi connectivity index (χ0) is 12.5. The predicted octanol–water partition coefficient (Wildman–Crippen LogP) is 1.84. The third kappa shape index (κ3) is 1.73. The van der Waals surface area contributed by atoms with E-state index in [1.165, 1.54) is 0 Å². The lowest BCUT2D eigenvalue weighted by molar-refractivity contribution is 0.244. The van der Waals surface area contributed by atoms with Crippen molar-refractivity contribution < 1.29 is 5.11 Å². The van der Waals surface area contributed by atoms with Crippen LogP contribution in [-0.2, 0) is 0 Å². The van der Waals surface area contributed by atoms with Gasteiger partial charge in [0.15, 0.2) is 0 Å². The summed E-state index contributed by atoms with van der Waals surface area (Å²) in [5.41, 5.74) is 0.957. The minimum absolute atomic E-state index is 0.170. The lowest BCUT2D eigenvalue weighted by Gasteiger charge is -2.27. The van der Waals surface area contributed by atoms with E-state index in [1.807, 2.05) is 24.3 Å². The molecule has 0 amide bonds. The summed E-state index contributed by atoms with van der Waals surface area (Å²) in [6.07, 6.45) is 2.71. The van der Waals surface area contributed by atoms with Gasteiger partial charge in [0.1, 0.15) is 12.1 Å². The van der Waals surface area contributed by atoms with Crippen molar-refractivity contribution in [1.82, 2.24) is 9.97 Å². The standard InChI is InChI=1S/C14H17N3O/c1-10-6-7-17(13(10)8-18)14-11-4-2-3-5-12(11)15-9-16-14/h2-5,9-10,13,18H,6-8H2,1H3. The molecule has 3 rings (SSSR count). The lowest BCUT2D eigenvalue weighted by Crippen LogP contribution is -2.35. The van der Waals surface area contributed by atoms with Crippen LogP contribution in [0.2, 0.25) is 0 Å². The first-order chi connectivity index (χ1) is 8.81. The second-order valence-electron chi connectivity index (χ2n) is 4.92. The van der Waals surface area contributed by atoms with Crippen molar-refractivity contribution in [1.29, 1.82) is 0 Å². The van der Waals surface area contributed by atoms with Crippen LogP contribution >= 0.6 is 0 Å². The molecule has 0 bridgehead atoms. The van der Waals surface area contributed by atoms with E-state index in [0.717, 1.165) is 29.7 Å². The monoisotopic (exact) mass is 243 g/mol. The summed E-state index contributed by atoms with van der Waals surface area (Å²) in [5.74, 6) is 1.45. The largest absolute Gasteiger partial charge is 0.394 e. The van der Waals surface area contributed by atoms with Gasteiger partial charge >= 0.3 is 0 Å². The number of anilines is 1. The maximum Gasteiger partial charge on any atom is 0.140 e. The number of hydrogen-bond acceptors (Lipinski definition) is 4. The first kappa shape index (κ1) is 11.4. The molecule has 2 unspecified atom stereocenters. The third-order valence-corrected chi connectivity index (χ3v) is 3.86. The van der Waals surface area contributed by atoms with Gasteiger partial charge in [0.2, 0.25) is 0 Å². The quantitative estimate of drug-likeness (QED) is 0.874. The molecule has 1 aromatic heterocycles. The molecule has 4 heteroatoms. The fourth-order valence-electron chi connectivity index (χ4n) is 2.77. The van der Waals surface area contributed by atoms with Gasteiger partial charge in [-0.25, -0.2) is 9.97 Å². The molecule has 2 atom stereocenters. The molecular formula is C14H17N3O. The molecule has 1 aromatic carbocycles. The van der Waals surface area contributed by atoms with E-state index in [4.69, 9.17) is 0 Å². The minimum Gasteiger partial charge on any atom is -0.394 e. The van der Waals surface area contributed by atoms with E-state index < -0.39 is 0 Å². The lowest BCUT2D eigenvalue weighted by atomic mass is 10.0. The molecule has 0 saturated carbocycles. The van der Waals surface area contributed by atoms with Crippen LogP contribution < -0.4 is 4.90 Å². The molecule has 2 heterocycles. The highest BCUT2D eigenvalue weighted by Crippen LogP contribution is 2.31. The Morgan fingerprint density at radius 1 is 1.33 bits per heavy atom. The number of rotatable bonds is 2. The number of nitrogens with zero attached hydrogens (tertiary/aromatic N) is 3. The van der Waals surface area contributed by atoms with Crippen molar-refractivity contribution >= 4 is 16.7 Å². The highest BCUT2D eigenvalue weighted by molar-refractivity contribution is 5.89. The Morgan fingerprint density at radius 2 is 2.17 bits per heavy atom. The van der Waals surface area contributed by atoms with E-state index in [2.05, 4.69) is 21.8 Å². The van der Waals surface area contributed by atoms with Crippen molar-refractivity contribution in [2.24, 2.45) is 5.92 Å². The van der Waals surface area contributed by atoms with E-state index in [1.54, 1.807) is 6.33 Å². The average molecular weight is 243 g/mol. The Bertz CT molecular complexity index is 552. The van der Waals surface area contributed by atoms with Gasteiger partial charge in [-0.1, -0.05) is 19.1 Å². The summed E-state index contributed by atoms with van der Waals surface area (Å²) in [6.45, 7) is 3.32. The fraction of sp³-hybridized carbons (Fsp3) is 0.429. The van der Waals surface area contributed by atoms with Crippen molar-refractivity contribution in [3.05, 3.63) is 30.6 Å². The van der Waals surface area contributed by atoms with Crippen LogP contribution in [0.3, 0.4) is 0 Å². The SMILES string of the molecule is CC1CCN(c2ncnc3ccccc23)C1CO. The Labute approximate surface area is 106 Å². The van der Waals surface area contributed by atoms with Crippen LogP contribution in [0, 0.1) is 5.92 Å². The predicted molar refractivity (Wildman–Crippen MR) is 71.5 cm³/mol. The van der Waals surface area contributed by atoms with E-state index >= 15 is 0 Å². The van der Waals surface area contributed by atoms with Crippen LogP contribution in [0.1, 0.15) is 13.3 Å². The van der Waals surface area contributed by atoms with Crippen LogP contribution in [0.4, 0.5) is 5.82 Å². The van der Waals surface area contributed by atoms with Crippen molar-refractivity contribution in [3.8, 4) is 0 Å². The molecular weight excluding hydrogens is 226 g/mol. The third-order valence-electron chi connectivity index (χ3n) is 3.86. The number of hydrogen-bond donors (Lipinski definition) is 1. The number of aliphatic hydroxyl groups excluding tert-OH is 1. The molecule has 1 N–H and O–H groups in total. The smallest absolute Gasteiger partial charge is 0.140 e. The first-order valence-corrected chi connectivity index (χ1v) is 6.38. The summed E-state index contributed by atoms with van der Waals surface area (Å²) in [6, 6.07) is 8.19. The second kappa shape index (κ2) is 4.53. The molecule has 0 aliphatic carbocycles. The van der Waals surface area contributed by atoms with Gasteiger partial charge < -0.3 is 10.0 Å². The van der Waals surface area contributed by atoms with Gasteiger partial charge in [-0.2, -0.15) is 0 Å². The fourth-order valence-corrected chi connectivity index (χ4v) is 2.77. The van der Waals surface area contributed by atoms with E-state index in [-0.39, 0.29) is 12.6 Å². The highest BCUT2D eigenvalue weighted by atomic mass is 16.3. The summed E-state index contributed by atoms with van der Waals surface area (Å²) in [4.78, 5) is 10.9. The Morgan fingerprint density at radius 3 is 3.00 bits per heavy atom. The van der Waals surface area contributed by atoms with Crippen LogP contribution in [0.25, 0.3) is 10.9 Å². The number of fused-ring (bicyclic) bond motifs is 1. The Kier molecular flexibility index (Phi) is 2.88. The maximum absolute atomic E-state index is 9.56. The van der Waals surface area contributed by atoms with E-state index in [0.29, 0.717) is 5.92 Å². The summed E-state index contributed by atoms with van der Waals surface area (Å²) >= 11 is 0. The average Bonchev–Trinajstić information content (AvgIpc) is 2.79. The molecule has 1 aliphatic heterocycles. The Balaban J connectivity index is 2.09. The zero-order valence-electron chi connectivity index (χ0n) is 10.5. The summed E-state index contributed by atoms with van der Waals surface area (Å²) in [5, 5.41) is 10.6. The van der Waals surface area contributed by atoms with Crippen LogP contribution in [0.5, 0.6) is 0 Å². The number of aliphatic hydroxyl groups is 1. The number of benzene rings is 1. The van der Waals surface area contributed by atoms with Crippen molar-refractivity contribution in [2.75, 3.05) is 18.1 Å². The molecule has 18 heavy (non-hydrogen) atoms. The van der Waals surface area contributed by atoms with Gasteiger partial charge in [0.25, 0.3) is 0 Å². The molecule has 1 fully saturated rings. The highest BCUT2D eigenvalue weighted by Gasteiger charge is 2.32. The summed E-state index contributed by atoms with van der Waals surface area (Å²) < 4.78 is 0. The van der Waals surface area contributed by atoms with Gasteiger partial charge in [-0.05, 0) is 24.5 Å². The molecule has 94 valence electrons. The maximum atomic E-state index is 9.56. The van der Waals surface area contributed by atoms with Crippen molar-refractivity contribution in [2.45, 2.75) is 19.4 Å². The Hall–Kier alpha value is -1.68. The van der Waals surface area contributed by atoms with E-state index in [9.17, 15) is 5.11 Å². The molecule has 0 spiro atoms. The normalized spacial score (nSPS) is 23.8. The number of aromatic nitrogens is 2. The second-order valence-corrected chi connectivity index (χ2v) is 4.92. The topological polar surface area (TPSA) is 49.2 Å². The molecule has 1 aliphatic rings. The van der Waals surface area contributed by atoms with Crippen molar-refractivity contribution in [3.63, 3.8) is 0 Å². The minimum atomic E-state index is 0.170.